The smallest absolute Gasteiger partial charge is 0.0418 e. The van der Waals surface area contributed by atoms with Crippen LogP contribution in [0.25, 0.3) is 0 Å². The van der Waals surface area contributed by atoms with E-state index in [0.717, 1.165) is 13.1 Å². The second-order valence-electron chi connectivity index (χ2n) is 5.10. The summed E-state index contributed by atoms with van der Waals surface area (Å²) in [4.78, 5) is 1.40. The van der Waals surface area contributed by atoms with Gasteiger partial charge in [0.15, 0.2) is 0 Å². The van der Waals surface area contributed by atoms with E-state index in [1.807, 2.05) is 11.3 Å². The van der Waals surface area contributed by atoms with Crippen LogP contribution in [-0.4, -0.2) is 6.54 Å². The highest BCUT2D eigenvalue weighted by molar-refractivity contribution is 7.10. The van der Waals surface area contributed by atoms with Crippen molar-refractivity contribution in [3.8, 4) is 0 Å². The summed E-state index contributed by atoms with van der Waals surface area (Å²) in [6.07, 6.45) is 2.45. The Bertz CT molecular complexity index is 534. The Morgan fingerprint density at radius 1 is 1.32 bits per heavy atom. The van der Waals surface area contributed by atoms with Crippen LogP contribution in [0.15, 0.2) is 35.7 Å². The maximum Gasteiger partial charge on any atom is 0.0418 e. The molecule has 2 N–H and O–H groups in total. The van der Waals surface area contributed by atoms with Gasteiger partial charge < -0.3 is 10.6 Å². The first kappa shape index (κ1) is 12.7. The third-order valence-electron chi connectivity index (χ3n) is 3.73. The summed E-state index contributed by atoms with van der Waals surface area (Å²) in [7, 11) is 0. The van der Waals surface area contributed by atoms with Crippen molar-refractivity contribution in [2.24, 2.45) is 0 Å². The summed E-state index contributed by atoms with van der Waals surface area (Å²) in [6, 6.07) is 11.4. The normalized spacial score (nSPS) is 15.6. The van der Waals surface area contributed by atoms with Gasteiger partial charge in [-0.05, 0) is 42.3 Å². The Labute approximate surface area is 118 Å². The van der Waals surface area contributed by atoms with Gasteiger partial charge in [-0.15, -0.1) is 11.3 Å². The predicted octanol–water partition coefficient (Wildman–Crippen LogP) is 3.96. The van der Waals surface area contributed by atoms with Crippen LogP contribution in [0.1, 0.15) is 35.4 Å². The van der Waals surface area contributed by atoms with E-state index in [1.165, 1.54) is 34.5 Å². The molecule has 2 heterocycles. The van der Waals surface area contributed by atoms with Gasteiger partial charge in [-0.2, -0.15) is 0 Å². The van der Waals surface area contributed by atoms with Crippen molar-refractivity contribution in [1.82, 2.24) is 5.32 Å². The van der Waals surface area contributed by atoms with Crippen LogP contribution in [0.5, 0.6) is 0 Å². The second-order valence-corrected chi connectivity index (χ2v) is 6.08. The van der Waals surface area contributed by atoms with Gasteiger partial charge >= 0.3 is 0 Å². The monoisotopic (exact) mass is 272 g/mol. The van der Waals surface area contributed by atoms with E-state index in [-0.39, 0.29) is 0 Å². The quantitative estimate of drug-likeness (QED) is 0.880. The molecular weight excluding hydrogens is 252 g/mol. The molecule has 1 aromatic heterocycles. The molecule has 1 aromatic carbocycles. The van der Waals surface area contributed by atoms with Crippen molar-refractivity contribution in [3.05, 3.63) is 51.7 Å². The molecule has 0 bridgehead atoms. The van der Waals surface area contributed by atoms with Crippen LogP contribution in [0.2, 0.25) is 0 Å². The van der Waals surface area contributed by atoms with E-state index < -0.39 is 0 Å². The van der Waals surface area contributed by atoms with Crippen LogP contribution in [0.3, 0.4) is 0 Å². The molecular formula is C16H20N2S. The fraction of sp³-hybridized carbons (Fsp3) is 0.375. The average molecular weight is 272 g/mol. The molecule has 100 valence electrons. The summed E-state index contributed by atoms with van der Waals surface area (Å²) < 4.78 is 0. The number of anilines is 1. The van der Waals surface area contributed by atoms with E-state index in [0.29, 0.717) is 6.04 Å². The number of para-hydroxylation sites is 1. The highest BCUT2D eigenvalue weighted by Crippen LogP contribution is 2.27. The third-order valence-corrected chi connectivity index (χ3v) is 4.79. The molecule has 1 atom stereocenters. The number of fused-ring (bicyclic) bond motifs is 1. The molecule has 0 fully saturated rings. The first-order valence-corrected chi connectivity index (χ1v) is 7.84. The number of hydrogen-bond acceptors (Lipinski definition) is 3. The lowest BCUT2D eigenvalue weighted by Crippen LogP contribution is -2.20. The zero-order valence-electron chi connectivity index (χ0n) is 11.3. The molecule has 0 spiro atoms. The van der Waals surface area contributed by atoms with E-state index >= 15 is 0 Å². The topological polar surface area (TPSA) is 24.1 Å². The number of nitrogens with one attached hydrogen (secondary N) is 2. The van der Waals surface area contributed by atoms with E-state index in [4.69, 9.17) is 0 Å². The second kappa shape index (κ2) is 5.76. The Kier molecular flexibility index (Phi) is 3.85. The Morgan fingerprint density at radius 3 is 3.11 bits per heavy atom. The zero-order valence-corrected chi connectivity index (χ0v) is 12.1. The van der Waals surface area contributed by atoms with Gasteiger partial charge in [0.2, 0.25) is 0 Å². The molecule has 0 radical (unpaired) electrons. The summed E-state index contributed by atoms with van der Waals surface area (Å²) in [5.41, 5.74) is 4.22. The van der Waals surface area contributed by atoms with E-state index in [2.05, 4.69) is 53.3 Å². The van der Waals surface area contributed by atoms with Crippen LogP contribution in [0, 0.1) is 0 Å². The Balaban J connectivity index is 1.70. The summed E-state index contributed by atoms with van der Waals surface area (Å²) in [5, 5.41) is 9.31. The number of benzene rings is 1. The largest absolute Gasteiger partial charge is 0.385 e. The van der Waals surface area contributed by atoms with Gasteiger partial charge in [-0.3, -0.25) is 0 Å². The molecule has 0 saturated carbocycles. The Morgan fingerprint density at radius 2 is 2.26 bits per heavy atom. The number of thiophene rings is 1. The predicted molar refractivity (Wildman–Crippen MR) is 82.8 cm³/mol. The molecule has 1 aliphatic rings. The van der Waals surface area contributed by atoms with E-state index in [9.17, 15) is 0 Å². The van der Waals surface area contributed by atoms with E-state index in [1.54, 1.807) is 0 Å². The van der Waals surface area contributed by atoms with Crippen molar-refractivity contribution < 1.29 is 0 Å². The molecule has 1 unspecified atom stereocenters. The van der Waals surface area contributed by atoms with Crippen molar-refractivity contribution in [1.29, 1.82) is 0 Å². The summed E-state index contributed by atoms with van der Waals surface area (Å²) in [5.74, 6) is 0. The third kappa shape index (κ3) is 2.82. The molecule has 0 saturated heterocycles. The van der Waals surface area contributed by atoms with Crippen LogP contribution < -0.4 is 10.6 Å². The number of hydrogen-bond donors (Lipinski definition) is 2. The lowest BCUT2D eigenvalue weighted by molar-refractivity contribution is 0.582. The first-order valence-electron chi connectivity index (χ1n) is 6.96. The standard InChI is InChI=1S/C16H20N2S/c1-12(15-8-4-10-19-15)18-11-14-6-2-5-13-7-3-9-17-16(13)14/h2,4-6,8,10,12,17-18H,3,7,9,11H2,1H3. The van der Waals surface area contributed by atoms with Gasteiger partial charge in [0.25, 0.3) is 0 Å². The van der Waals surface area contributed by atoms with Gasteiger partial charge in [0.1, 0.15) is 0 Å². The van der Waals surface area contributed by atoms with Crippen molar-refractivity contribution in [3.63, 3.8) is 0 Å². The van der Waals surface area contributed by atoms with Crippen LogP contribution in [-0.2, 0) is 13.0 Å². The zero-order chi connectivity index (χ0) is 13.1. The van der Waals surface area contributed by atoms with Gasteiger partial charge in [0, 0.05) is 29.7 Å². The van der Waals surface area contributed by atoms with Crippen molar-refractivity contribution in [2.75, 3.05) is 11.9 Å². The maximum atomic E-state index is 3.62. The number of aryl methyl sites for hydroxylation is 1. The first-order chi connectivity index (χ1) is 9.34. The lowest BCUT2D eigenvalue weighted by Gasteiger charge is -2.22. The molecule has 3 rings (SSSR count). The molecule has 19 heavy (non-hydrogen) atoms. The van der Waals surface area contributed by atoms with Crippen LogP contribution >= 0.6 is 11.3 Å². The van der Waals surface area contributed by atoms with Gasteiger partial charge in [-0.1, -0.05) is 24.3 Å². The van der Waals surface area contributed by atoms with Gasteiger partial charge in [0.05, 0.1) is 0 Å². The lowest BCUT2D eigenvalue weighted by atomic mass is 9.99. The molecule has 2 aromatic rings. The summed E-state index contributed by atoms with van der Waals surface area (Å²) in [6.45, 7) is 4.26. The minimum absolute atomic E-state index is 0.416. The summed E-state index contributed by atoms with van der Waals surface area (Å²) >= 11 is 1.82. The molecule has 3 heteroatoms. The average Bonchev–Trinajstić information content (AvgIpc) is 2.99. The number of rotatable bonds is 4. The Hall–Kier alpha value is -1.32. The SMILES string of the molecule is CC(NCc1cccc2c1NCCC2)c1cccs1. The maximum absolute atomic E-state index is 3.62. The van der Waals surface area contributed by atoms with Crippen molar-refractivity contribution in [2.45, 2.75) is 32.4 Å². The molecule has 0 amide bonds. The minimum atomic E-state index is 0.416. The van der Waals surface area contributed by atoms with Crippen LogP contribution in [0.4, 0.5) is 5.69 Å². The van der Waals surface area contributed by atoms with Crippen molar-refractivity contribution >= 4 is 17.0 Å². The highest BCUT2D eigenvalue weighted by Gasteiger charge is 2.13. The fourth-order valence-corrected chi connectivity index (χ4v) is 3.39. The molecule has 0 aliphatic carbocycles. The van der Waals surface area contributed by atoms with Gasteiger partial charge in [-0.25, -0.2) is 0 Å². The molecule has 1 aliphatic heterocycles. The minimum Gasteiger partial charge on any atom is -0.385 e. The fourth-order valence-electron chi connectivity index (χ4n) is 2.63. The highest BCUT2D eigenvalue weighted by atomic mass is 32.1. The molecule has 2 nitrogen and oxygen atoms in total.